The van der Waals surface area contributed by atoms with Gasteiger partial charge in [0.2, 0.25) is 0 Å². The van der Waals surface area contributed by atoms with Crippen LogP contribution in [0, 0.1) is 5.92 Å². The lowest BCUT2D eigenvalue weighted by Gasteiger charge is -2.10. The van der Waals surface area contributed by atoms with E-state index >= 15 is 0 Å². The quantitative estimate of drug-likeness (QED) is 0.703. The molecule has 0 spiro atoms. The van der Waals surface area contributed by atoms with Gasteiger partial charge in [-0.05, 0) is 48.4 Å². The molecule has 1 aromatic carbocycles. The molecule has 1 amide bonds. The monoisotopic (exact) mass is 409 g/mol. The Morgan fingerprint density at radius 1 is 1.26 bits per heavy atom. The van der Waals surface area contributed by atoms with E-state index in [0.717, 1.165) is 11.8 Å². The molecule has 0 saturated carbocycles. The number of thiophene rings is 1. The summed E-state index contributed by atoms with van der Waals surface area (Å²) in [5, 5.41) is 4.97. The van der Waals surface area contributed by atoms with Crippen LogP contribution in [-0.2, 0) is 21.0 Å². The molecule has 0 atom stereocenters. The summed E-state index contributed by atoms with van der Waals surface area (Å²) < 4.78 is 28.5. The first-order chi connectivity index (χ1) is 12.6. The molecule has 6 nitrogen and oxygen atoms in total. The Bertz CT molecular complexity index is 945. The molecule has 0 fully saturated rings. The number of amides is 1. The van der Waals surface area contributed by atoms with Gasteiger partial charge in [-0.25, -0.2) is 13.2 Å². The predicted octanol–water partition coefficient (Wildman–Crippen LogP) is 3.78. The highest BCUT2D eigenvalue weighted by Crippen LogP contribution is 2.31. The van der Waals surface area contributed by atoms with E-state index in [9.17, 15) is 18.0 Å². The molecule has 8 heteroatoms. The van der Waals surface area contributed by atoms with Gasteiger partial charge < -0.3 is 10.1 Å². The van der Waals surface area contributed by atoms with Crippen molar-refractivity contribution in [2.75, 3.05) is 18.2 Å². The van der Waals surface area contributed by atoms with Gasteiger partial charge >= 0.3 is 5.97 Å². The molecule has 0 bridgehead atoms. The van der Waals surface area contributed by atoms with Crippen molar-refractivity contribution < 1.29 is 22.7 Å². The van der Waals surface area contributed by atoms with Crippen molar-refractivity contribution in [3.05, 3.63) is 46.3 Å². The summed E-state index contributed by atoms with van der Waals surface area (Å²) in [5.74, 6) is -0.624. The number of hydrogen-bond donors (Lipinski definition) is 1. The zero-order valence-electron chi connectivity index (χ0n) is 15.7. The molecule has 1 aromatic heterocycles. The normalized spacial score (nSPS) is 11.4. The van der Waals surface area contributed by atoms with E-state index in [1.807, 2.05) is 19.2 Å². The Balaban J connectivity index is 2.35. The van der Waals surface area contributed by atoms with Crippen LogP contribution in [0.25, 0.3) is 0 Å². The lowest BCUT2D eigenvalue weighted by molar-refractivity contribution is 0.0526. The summed E-state index contributed by atoms with van der Waals surface area (Å²) in [4.78, 5) is 25.1. The number of hydrogen-bond acceptors (Lipinski definition) is 6. The van der Waals surface area contributed by atoms with Crippen molar-refractivity contribution in [3.63, 3.8) is 0 Å². The molecule has 0 aliphatic heterocycles. The SMILES string of the molecule is CCOC(=O)c1c(CC(C)C)csc1NC(=O)c1cccc(S(C)(=O)=O)c1. The van der Waals surface area contributed by atoms with Gasteiger partial charge in [-0.1, -0.05) is 19.9 Å². The van der Waals surface area contributed by atoms with Crippen LogP contribution < -0.4 is 5.32 Å². The Morgan fingerprint density at radius 3 is 2.56 bits per heavy atom. The summed E-state index contributed by atoms with van der Waals surface area (Å²) in [6.45, 7) is 6.05. The van der Waals surface area contributed by atoms with Crippen molar-refractivity contribution in [1.82, 2.24) is 0 Å². The van der Waals surface area contributed by atoms with Gasteiger partial charge in [-0.2, -0.15) is 0 Å². The average molecular weight is 410 g/mol. The topological polar surface area (TPSA) is 89.5 Å². The number of carbonyl (C=O) groups is 2. The van der Waals surface area contributed by atoms with Crippen molar-refractivity contribution in [2.45, 2.75) is 32.1 Å². The van der Waals surface area contributed by atoms with Crippen LogP contribution in [0.5, 0.6) is 0 Å². The second kappa shape index (κ2) is 8.67. The van der Waals surface area contributed by atoms with Crippen LogP contribution in [0.1, 0.15) is 47.1 Å². The van der Waals surface area contributed by atoms with E-state index in [4.69, 9.17) is 4.74 Å². The van der Waals surface area contributed by atoms with Gasteiger partial charge in [0.25, 0.3) is 5.91 Å². The second-order valence-electron chi connectivity index (χ2n) is 6.54. The summed E-state index contributed by atoms with van der Waals surface area (Å²) >= 11 is 1.25. The number of esters is 1. The largest absolute Gasteiger partial charge is 0.462 e. The van der Waals surface area contributed by atoms with Gasteiger partial charge in [0.1, 0.15) is 5.00 Å². The molecule has 0 saturated heterocycles. The highest BCUT2D eigenvalue weighted by molar-refractivity contribution is 7.90. The number of rotatable bonds is 7. The molecule has 146 valence electrons. The van der Waals surface area contributed by atoms with Crippen LogP contribution in [0.2, 0.25) is 0 Å². The Labute approximate surface area is 163 Å². The second-order valence-corrected chi connectivity index (χ2v) is 9.43. The van der Waals surface area contributed by atoms with E-state index in [0.29, 0.717) is 22.9 Å². The van der Waals surface area contributed by atoms with E-state index in [2.05, 4.69) is 5.32 Å². The molecular formula is C19H23NO5S2. The first kappa shape index (κ1) is 21.1. The highest BCUT2D eigenvalue weighted by atomic mass is 32.2. The average Bonchev–Trinajstić information content (AvgIpc) is 2.96. The van der Waals surface area contributed by atoms with Crippen LogP contribution in [-0.4, -0.2) is 33.2 Å². The van der Waals surface area contributed by atoms with Crippen LogP contribution in [0.4, 0.5) is 5.00 Å². The number of sulfone groups is 1. The fraction of sp³-hybridized carbons (Fsp3) is 0.368. The lowest BCUT2D eigenvalue weighted by Crippen LogP contribution is -2.16. The molecule has 0 unspecified atom stereocenters. The minimum absolute atomic E-state index is 0.0624. The zero-order chi connectivity index (χ0) is 20.2. The van der Waals surface area contributed by atoms with Crippen molar-refractivity contribution in [1.29, 1.82) is 0 Å². The first-order valence-corrected chi connectivity index (χ1v) is 11.3. The van der Waals surface area contributed by atoms with Crippen LogP contribution in [0.3, 0.4) is 0 Å². The molecule has 0 radical (unpaired) electrons. The summed E-state index contributed by atoms with van der Waals surface area (Å²) in [6, 6.07) is 5.78. The fourth-order valence-corrected chi connectivity index (χ4v) is 4.17. The number of ether oxygens (including phenoxy) is 1. The Hall–Kier alpha value is -2.19. The lowest BCUT2D eigenvalue weighted by atomic mass is 10.0. The highest BCUT2D eigenvalue weighted by Gasteiger charge is 2.23. The molecule has 1 heterocycles. The molecule has 27 heavy (non-hydrogen) atoms. The van der Waals surface area contributed by atoms with Gasteiger partial charge in [-0.3, -0.25) is 4.79 Å². The van der Waals surface area contributed by atoms with Crippen molar-refractivity contribution in [2.24, 2.45) is 5.92 Å². The summed E-state index contributed by atoms with van der Waals surface area (Å²) in [7, 11) is -3.42. The van der Waals surface area contributed by atoms with Crippen LogP contribution in [0.15, 0.2) is 34.5 Å². The molecule has 1 N–H and O–H groups in total. The smallest absolute Gasteiger partial charge is 0.341 e. The van der Waals surface area contributed by atoms with Gasteiger partial charge in [0, 0.05) is 11.8 Å². The Morgan fingerprint density at radius 2 is 1.96 bits per heavy atom. The maximum Gasteiger partial charge on any atom is 0.341 e. The van der Waals surface area contributed by atoms with E-state index < -0.39 is 21.7 Å². The first-order valence-electron chi connectivity index (χ1n) is 8.52. The molecule has 0 aliphatic rings. The summed E-state index contributed by atoms with van der Waals surface area (Å²) in [5.41, 5.74) is 1.39. The molecule has 0 aliphatic carbocycles. The van der Waals surface area contributed by atoms with Crippen LogP contribution >= 0.6 is 11.3 Å². The third-order valence-electron chi connectivity index (χ3n) is 3.73. The van der Waals surface area contributed by atoms with E-state index in [-0.39, 0.29) is 17.1 Å². The number of benzene rings is 1. The fourth-order valence-electron chi connectivity index (χ4n) is 2.55. The zero-order valence-corrected chi connectivity index (χ0v) is 17.4. The number of carbonyl (C=O) groups excluding carboxylic acids is 2. The molecule has 2 rings (SSSR count). The standard InChI is InChI=1S/C19H23NO5S2/c1-5-25-19(22)16-14(9-12(2)3)11-26-18(16)20-17(21)13-7-6-8-15(10-13)27(4,23)24/h6-8,10-12H,5,9H2,1-4H3,(H,20,21). The minimum atomic E-state index is -3.42. The van der Waals surface area contributed by atoms with Gasteiger partial charge in [-0.15, -0.1) is 11.3 Å². The third kappa shape index (κ3) is 5.40. The van der Waals surface area contributed by atoms with Crippen molar-refractivity contribution in [3.8, 4) is 0 Å². The molecule has 2 aromatic rings. The Kier molecular flexibility index (Phi) is 6.78. The van der Waals surface area contributed by atoms with E-state index in [1.165, 1.54) is 35.6 Å². The van der Waals surface area contributed by atoms with Crippen molar-refractivity contribution >= 4 is 38.1 Å². The van der Waals surface area contributed by atoms with E-state index in [1.54, 1.807) is 6.92 Å². The maximum absolute atomic E-state index is 12.6. The van der Waals surface area contributed by atoms with Gasteiger partial charge in [0.05, 0.1) is 17.1 Å². The number of nitrogens with one attached hydrogen (secondary N) is 1. The predicted molar refractivity (Wildman–Crippen MR) is 106 cm³/mol. The summed E-state index contributed by atoms with van der Waals surface area (Å²) in [6.07, 6.45) is 1.77. The third-order valence-corrected chi connectivity index (χ3v) is 5.78. The number of anilines is 1. The maximum atomic E-state index is 12.6. The van der Waals surface area contributed by atoms with Gasteiger partial charge in [0.15, 0.2) is 9.84 Å². The minimum Gasteiger partial charge on any atom is -0.462 e. The molecular weight excluding hydrogens is 386 g/mol.